The van der Waals surface area contributed by atoms with Gasteiger partial charge in [-0.1, -0.05) is 42.8 Å². The topological polar surface area (TPSA) is 69.3 Å². The highest BCUT2D eigenvalue weighted by atomic mass is 32.2. The number of oxazole rings is 1. The first kappa shape index (κ1) is 21.9. The van der Waals surface area contributed by atoms with E-state index in [4.69, 9.17) is 4.42 Å². The van der Waals surface area contributed by atoms with Crippen LogP contribution in [0.15, 0.2) is 86.9 Å². The van der Waals surface area contributed by atoms with Crippen LogP contribution in [0.3, 0.4) is 0 Å². The number of aromatic nitrogens is 1. The third-order valence-electron chi connectivity index (χ3n) is 5.23. The van der Waals surface area contributed by atoms with Gasteiger partial charge in [-0.05, 0) is 60.4 Å². The van der Waals surface area contributed by atoms with Gasteiger partial charge in [-0.3, -0.25) is 9.00 Å². The van der Waals surface area contributed by atoms with Crippen molar-refractivity contribution < 1.29 is 17.8 Å². The summed E-state index contributed by atoms with van der Waals surface area (Å²) in [5, 5.41) is 0. The Balaban J connectivity index is 1.37. The number of rotatable bonds is 8. The van der Waals surface area contributed by atoms with Crippen molar-refractivity contribution in [3.63, 3.8) is 0 Å². The van der Waals surface area contributed by atoms with Gasteiger partial charge >= 0.3 is 5.76 Å². The van der Waals surface area contributed by atoms with Crippen molar-refractivity contribution in [2.45, 2.75) is 30.6 Å². The third kappa shape index (κ3) is 4.94. The Kier molecular flexibility index (Phi) is 6.75. The Bertz CT molecular complexity index is 1310. The van der Waals surface area contributed by atoms with Crippen molar-refractivity contribution in [1.82, 2.24) is 4.57 Å². The molecule has 164 valence electrons. The Hall–Kier alpha value is -3.32. The van der Waals surface area contributed by atoms with Crippen LogP contribution >= 0.6 is 0 Å². The number of fused-ring (bicyclic) bond motifs is 1. The minimum Gasteiger partial charge on any atom is -0.407 e. The van der Waals surface area contributed by atoms with Crippen LogP contribution in [0.2, 0.25) is 0 Å². The minimum atomic E-state index is -1.04. The van der Waals surface area contributed by atoms with Crippen LogP contribution in [0.4, 0.5) is 4.39 Å². The lowest BCUT2D eigenvalue weighted by atomic mass is 10.1. The molecule has 0 aliphatic rings. The van der Waals surface area contributed by atoms with E-state index in [9.17, 15) is 18.2 Å². The number of unbranched alkanes of at least 4 members (excludes halogenated alkanes) is 2. The van der Waals surface area contributed by atoms with E-state index in [1.54, 1.807) is 30.3 Å². The maximum absolute atomic E-state index is 13.2. The fourth-order valence-corrected chi connectivity index (χ4v) is 4.73. The molecular formula is C25H22FNO4S. The predicted molar refractivity (Wildman–Crippen MR) is 123 cm³/mol. The molecule has 0 amide bonds. The largest absolute Gasteiger partial charge is 0.426 e. The molecule has 0 bridgehead atoms. The third-order valence-corrected chi connectivity index (χ3v) is 6.69. The number of halogens is 1. The highest BCUT2D eigenvalue weighted by molar-refractivity contribution is 7.85. The normalized spacial score (nSPS) is 12.2. The van der Waals surface area contributed by atoms with Crippen molar-refractivity contribution in [1.29, 1.82) is 0 Å². The Morgan fingerprint density at radius 3 is 2.38 bits per heavy atom. The lowest BCUT2D eigenvalue weighted by Crippen LogP contribution is -2.22. The molecule has 7 heteroatoms. The van der Waals surface area contributed by atoms with Crippen LogP contribution in [-0.4, -0.2) is 20.4 Å². The monoisotopic (exact) mass is 451 g/mol. The van der Waals surface area contributed by atoms with Gasteiger partial charge in [0.1, 0.15) is 5.82 Å². The molecule has 0 saturated heterocycles. The summed E-state index contributed by atoms with van der Waals surface area (Å²) in [5.41, 5.74) is 2.26. The second kappa shape index (κ2) is 9.87. The lowest BCUT2D eigenvalue weighted by molar-refractivity contribution is 0.0895. The zero-order valence-corrected chi connectivity index (χ0v) is 18.1. The van der Waals surface area contributed by atoms with Crippen LogP contribution in [0.1, 0.15) is 30.5 Å². The molecule has 0 radical (unpaired) electrons. The SMILES string of the molecule is O=C(CCCCCS(=O)c1ccccc1)n1c(=O)oc2cc(-c3ccc(F)cc3)ccc21. The van der Waals surface area contributed by atoms with E-state index in [0.29, 0.717) is 23.3 Å². The average Bonchev–Trinajstić information content (AvgIpc) is 3.14. The summed E-state index contributed by atoms with van der Waals surface area (Å²) < 4.78 is 31.7. The number of carbonyl (C=O) groups is 1. The van der Waals surface area contributed by atoms with Gasteiger partial charge in [-0.2, -0.15) is 0 Å². The first-order chi connectivity index (χ1) is 15.5. The van der Waals surface area contributed by atoms with Gasteiger partial charge in [0.2, 0.25) is 5.91 Å². The van der Waals surface area contributed by atoms with Gasteiger partial charge in [0.15, 0.2) is 5.58 Å². The molecule has 32 heavy (non-hydrogen) atoms. The maximum atomic E-state index is 13.2. The second-order valence-electron chi connectivity index (χ2n) is 7.46. The summed E-state index contributed by atoms with van der Waals surface area (Å²) in [6, 6.07) is 20.4. The summed E-state index contributed by atoms with van der Waals surface area (Å²) in [5.74, 6) is -0.831. The second-order valence-corrected chi connectivity index (χ2v) is 9.03. The molecule has 0 N–H and O–H groups in total. The number of hydrogen-bond acceptors (Lipinski definition) is 4. The van der Waals surface area contributed by atoms with Crippen LogP contribution in [-0.2, 0) is 10.8 Å². The van der Waals surface area contributed by atoms with Gasteiger partial charge in [-0.15, -0.1) is 0 Å². The van der Waals surface area contributed by atoms with E-state index in [1.165, 1.54) is 12.1 Å². The molecule has 0 saturated carbocycles. The predicted octanol–water partition coefficient (Wildman–Crippen LogP) is 5.41. The molecule has 0 fully saturated rings. The molecule has 4 rings (SSSR count). The van der Waals surface area contributed by atoms with Crippen molar-refractivity contribution in [2.75, 3.05) is 5.75 Å². The zero-order chi connectivity index (χ0) is 22.5. The number of benzene rings is 3. The van der Waals surface area contributed by atoms with Crippen LogP contribution in [0, 0.1) is 5.82 Å². The molecule has 4 aromatic rings. The molecule has 0 aliphatic heterocycles. The van der Waals surface area contributed by atoms with Crippen molar-refractivity contribution >= 4 is 27.8 Å². The average molecular weight is 452 g/mol. The lowest BCUT2D eigenvalue weighted by Gasteiger charge is -2.04. The quantitative estimate of drug-likeness (QED) is 0.336. The highest BCUT2D eigenvalue weighted by Crippen LogP contribution is 2.24. The van der Waals surface area contributed by atoms with Gasteiger partial charge < -0.3 is 4.42 Å². The van der Waals surface area contributed by atoms with Crippen molar-refractivity contribution in [2.24, 2.45) is 0 Å². The summed E-state index contributed by atoms with van der Waals surface area (Å²) in [4.78, 5) is 25.8. The highest BCUT2D eigenvalue weighted by Gasteiger charge is 2.16. The zero-order valence-electron chi connectivity index (χ0n) is 17.3. The molecule has 1 atom stereocenters. The van der Waals surface area contributed by atoms with E-state index in [-0.39, 0.29) is 18.1 Å². The molecule has 5 nitrogen and oxygen atoms in total. The smallest absolute Gasteiger partial charge is 0.407 e. The molecule has 3 aromatic carbocycles. The van der Waals surface area contributed by atoms with Gasteiger partial charge in [0, 0.05) is 17.1 Å². The van der Waals surface area contributed by atoms with E-state index < -0.39 is 16.6 Å². The minimum absolute atomic E-state index is 0.201. The van der Waals surface area contributed by atoms with E-state index in [1.807, 2.05) is 30.3 Å². The van der Waals surface area contributed by atoms with Crippen molar-refractivity contribution in [3.8, 4) is 11.1 Å². The first-order valence-corrected chi connectivity index (χ1v) is 11.7. The summed E-state index contributed by atoms with van der Waals surface area (Å²) in [6.07, 6.45) is 2.27. The van der Waals surface area contributed by atoms with E-state index in [2.05, 4.69) is 0 Å². The maximum Gasteiger partial charge on any atom is 0.426 e. The van der Waals surface area contributed by atoms with Gasteiger partial charge in [0.25, 0.3) is 0 Å². The van der Waals surface area contributed by atoms with Gasteiger partial charge in [0.05, 0.1) is 16.3 Å². The number of hydrogen-bond donors (Lipinski definition) is 0. The molecule has 1 unspecified atom stereocenters. The summed E-state index contributed by atoms with van der Waals surface area (Å²) >= 11 is 0. The first-order valence-electron chi connectivity index (χ1n) is 10.4. The molecule has 1 aromatic heterocycles. The molecule has 0 aliphatic carbocycles. The van der Waals surface area contributed by atoms with E-state index >= 15 is 0 Å². The van der Waals surface area contributed by atoms with Crippen LogP contribution < -0.4 is 5.76 Å². The summed E-state index contributed by atoms with van der Waals surface area (Å²) in [6.45, 7) is 0. The fraction of sp³-hybridized carbons (Fsp3) is 0.200. The molecule has 0 spiro atoms. The Morgan fingerprint density at radius 2 is 1.62 bits per heavy atom. The Labute approximate surface area is 187 Å². The summed E-state index contributed by atoms with van der Waals surface area (Å²) in [7, 11) is -1.04. The Morgan fingerprint density at radius 1 is 0.906 bits per heavy atom. The van der Waals surface area contributed by atoms with Crippen LogP contribution in [0.25, 0.3) is 22.2 Å². The number of carbonyl (C=O) groups excluding carboxylic acids is 1. The molecular weight excluding hydrogens is 429 g/mol. The van der Waals surface area contributed by atoms with Crippen molar-refractivity contribution in [3.05, 3.63) is 89.2 Å². The number of nitrogens with zero attached hydrogens (tertiary/aromatic N) is 1. The van der Waals surface area contributed by atoms with Crippen LogP contribution in [0.5, 0.6) is 0 Å². The van der Waals surface area contributed by atoms with Gasteiger partial charge in [-0.25, -0.2) is 13.8 Å². The van der Waals surface area contributed by atoms with E-state index in [0.717, 1.165) is 33.4 Å². The molecule has 1 heterocycles. The standard InChI is InChI=1S/C25H22FNO4S/c26-20-13-10-18(11-14-20)19-12-15-22-23(17-19)31-25(29)27(22)24(28)9-5-2-6-16-32(30)21-7-3-1-4-8-21/h1,3-4,7-8,10-15,17H,2,5-6,9,16H2. The fourth-order valence-electron chi connectivity index (χ4n) is 3.56.